The van der Waals surface area contributed by atoms with Gasteiger partial charge in [0.2, 0.25) is 5.69 Å². The summed E-state index contributed by atoms with van der Waals surface area (Å²) in [5.41, 5.74) is 1.54. The fourth-order valence-electron chi connectivity index (χ4n) is 1.30. The van der Waals surface area contributed by atoms with E-state index in [-0.39, 0.29) is 0 Å². The van der Waals surface area contributed by atoms with Crippen LogP contribution in [0.25, 0.3) is 0 Å². The van der Waals surface area contributed by atoms with E-state index in [9.17, 15) is 5.21 Å². The maximum atomic E-state index is 11.1. The predicted molar refractivity (Wildman–Crippen MR) is 48.1 cm³/mol. The van der Waals surface area contributed by atoms with Crippen LogP contribution in [0.4, 0.5) is 0 Å². The standard InChI is InChI=1S/C9H16N2O2/c1-3-5-7-9-8(6-4-2)10-13-11(9)12/h3-7H2,1-2H3. The fraction of sp³-hybridized carbons (Fsp3) is 0.778. The van der Waals surface area contributed by atoms with Gasteiger partial charge < -0.3 is 5.21 Å². The summed E-state index contributed by atoms with van der Waals surface area (Å²) in [5, 5.41) is 14.8. The van der Waals surface area contributed by atoms with Gasteiger partial charge in [-0.05, 0) is 17.7 Å². The lowest BCUT2D eigenvalue weighted by molar-refractivity contribution is -0.808. The minimum Gasteiger partial charge on any atom is -0.359 e. The molecule has 0 aliphatic carbocycles. The van der Waals surface area contributed by atoms with E-state index in [1.807, 2.05) is 0 Å². The first kappa shape index (κ1) is 10.0. The van der Waals surface area contributed by atoms with Gasteiger partial charge in [-0.1, -0.05) is 20.3 Å². The van der Waals surface area contributed by atoms with Gasteiger partial charge >= 0.3 is 0 Å². The van der Waals surface area contributed by atoms with Crippen LogP contribution in [0.15, 0.2) is 4.63 Å². The molecule has 0 atom stereocenters. The zero-order valence-electron chi connectivity index (χ0n) is 8.25. The molecule has 0 fully saturated rings. The van der Waals surface area contributed by atoms with Gasteiger partial charge in [-0.2, -0.15) is 0 Å². The normalized spacial score (nSPS) is 10.6. The summed E-state index contributed by atoms with van der Waals surface area (Å²) in [7, 11) is 0. The van der Waals surface area contributed by atoms with Crippen molar-refractivity contribution in [2.75, 3.05) is 0 Å². The molecular formula is C9H16N2O2. The highest BCUT2D eigenvalue weighted by molar-refractivity contribution is 5.03. The van der Waals surface area contributed by atoms with Crippen molar-refractivity contribution in [3.8, 4) is 0 Å². The lowest BCUT2D eigenvalue weighted by Gasteiger charge is -1.95. The minimum atomic E-state index is 0.542. The summed E-state index contributed by atoms with van der Waals surface area (Å²) in [6, 6.07) is 0. The maximum absolute atomic E-state index is 11.1. The molecular weight excluding hydrogens is 168 g/mol. The average Bonchev–Trinajstić information content (AvgIpc) is 2.45. The van der Waals surface area contributed by atoms with Crippen molar-refractivity contribution >= 4 is 0 Å². The molecule has 0 aliphatic rings. The first-order valence-corrected chi connectivity index (χ1v) is 4.87. The summed E-state index contributed by atoms with van der Waals surface area (Å²) in [5.74, 6) is 0. The largest absolute Gasteiger partial charge is 0.359 e. The second-order valence-electron chi connectivity index (χ2n) is 3.18. The van der Waals surface area contributed by atoms with Crippen LogP contribution >= 0.6 is 0 Å². The molecule has 0 unspecified atom stereocenters. The summed E-state index contributed by atoms with van der Waals surface area (Å²) in [6.45, 7) is 4.16. The molecule has 1 rings (SSSR count). The highest BCUT2D eigenvalue weighted by Crippen LogP contribution is 2.07. The Kier molecular flexibility index (Phi) is 3.73. The van der Waals surface area contributed by atoms with Gasteiger partial charge in [0.1, 0.15) is 0 Å². The molecule has 0 saturated carbocycles. The SMILES string of the molecule is CCCCc1c(CCC)no[n+]1[O-]. The quantitative estimate of drug-likeness (QED) is 0.653. The average molecular weight is 184 g/mol. The highest BCUT2D eigenvalue weighted by atomic mass is 16.8. The van der Waals surface area contributed by atoms with E-state index in [0.29, 0.717) is 10.6 Å². The van der Waals surface area contributed by atoms with Crippen molar-refractivity contribution in [3.05, 3.63) is 16.6 Å². The summed E-state index contributed by atoms with van der Waals surface area (Å²) in [4.78, 5) is 0.542. The number of unbranched alkanes of at least 4 members (excludes halogenated alkanes) is 1. The second-order valence-corrected chi connectivity index (χ2v) is 3.18. The lowest BCUT2D eigenvalue weighted by atomic mass is 10.1. The van der Waals surface area contributed by atoms with Gasteiger partial charge in [0.05, 0.1) is 0 Å². The third-order valence-corrected chi connectivity index (χ3v) is 2.03. The maximum Gasteiger partial charge on any atom is 0.221 e. The van der Waals surface area contributed by atoms with Gasteiger partial charge in [-0.3, -0.25) is 4.63 Å². The van der Waals surface area contributed by atoms with Gasteiger partial charge in [0.25, 0.3) is 0 Å². The molecule has 0 radical (unpaired) electrons. The Hall–Kier alpha value is -1.06. The van der Waals surface area contributed by atoms with E-state index in [0.717, 1.165) is 37.8 Å². The predicted octanol–water partition coefficient (Wildman–Crippen LogP) is 1.60. The summed E-state index contributed by atoms with van der Waals surface area (Å²) >= 11 is 0. The monoisotopic (exact) mass is 184 g/mol. The Morgan fingerprint density at radius 3 is 2.69 bits per heavy atom. The van der Waals surface area contributed by atoms with Crippen LogP contribution in [0.1, 0.15) is 44.5 Å². The molecule has 0 aliphatic heterocycles. The smallest absolute Gasteiger partial charge is 0.221 e. The molecule has 1 heterocycles. The van der Waals surface area contributed by atoms with Crippen molar-refractivity contribution < 1.29 is 9.53 Å². The van der Waals surface area contributed by atoms with Crippen molar-refractivity contribution in [1.82, 2.24) is 5.16 Å². The molecule has 0 N–H and O–H groups in total. The summed E-state index contributed by atoms with van der Waals surface area (Å²) in [6.07, 6.45) is 4.69. The Labute approximate surface area is 78.1 Å². The molecule has 13 heavy (non-hydrogen) atoms. The molecule has 0 bridgehead atoms. The molecule has 1 aromatic rings. The zero-order valence-corrected chi connectivity index (χ0v) is 8.25. The van der Waals surface area contributed by atoms with Gasteiger partial charge in [0, 0.05) is 18.0 Å². The van der Waals surface area contributed by atoms with E-state index >= 15 is 0 Å². The van der Waals surface area contributed by atoms with Gasteiger partial charge in [-0.15, -0.1) is 0 Å². The summed E-state index contributed by atoms with van der Waals surface area (Å²) < 4.78 is 4.56. The van der Waals surface area contributed by atoms with Crippen LogP contribution in [-0.2, 0) is 12.8 Å². The van der Waals surface area contributed by atoms with Crippen LogP contribution in [0.5, 0.6) is 0 Å². The van der Waals surface area contributed by atoms with Crippen molar-refractivity contribution in [2.24, 2.45) is 0 Å². The Balaban J connectivity index is 2.69. The van der Waals surface area contributed by atoms with Crippen LogP contribution < -0.4 is 4.90 Å². The number of aromatic nitrogens is 2. The molecule has 1 aromatic heterocycles. The van der Waals surface area contributed by atoms with Crippen molar-refractivity contribution in [2.45, 2.75) is 46.0 Å². The van der Waals surface area contributed by atoms with Gasteiger partial charge in [-0.25, -0.2) is 0 Å². The van der Waals surface area contributed by atoms with E-state index in [4.69, 9.17) is 0 Å². The Bertz CT molecular complexity index is 258. The number of nitrogens with zero attached hydrogens (tertiary/aromatic N) is 2. The van der Waals surface area contributed by atoms with E-state index in [2.05, 4.69) is 23.6 Å². The molecule has 4 heteroatoms. The van der Waals surface area contributed by atoms with Crippen molar-refractivity contribution in [3.63, 3.8) is 0 Å². The molecule has 0 aromatic carbocycles. The van der Waals surface area contributed by atoms with Crippen LogP contribution in [-0.4, -0.2) is 5.16 Å². The Morgan fingerprint density at radius 1 is 1.31 bits per heavy atom. The molecule has 4 nitrogen and oxygen atoms in total. The van der Waals surface area contributed by atoms with E-state index < -0.39 is 0 Å². The minimum absolute atomic E-state index is 0.542. The Morgan fingerprint density at radius 2 is 2.08 bits per heavy atom. The molecule has 0 spiro atoms. The molecule has 0 amide bonds. The fourth-order valence-corrected chi connectivity index (χ4v) is 1.30. The van der Waals surface area contributed by atoms with E-state index in [1.165, 1.54) is 0 Å². The van der Waals surface area contributed by atoms with Crippen LogP contribution in [0, 0.1) is 5.21 Å². The number of hydrogen-bond acceptors (Lipinski definition) is 3. The highest BCUT2D eigenvalue weighted by Gasteiger charge is 2.16. The first-order valence-electron chi connectivity index (χ1n) is 4.87. The molecule has 0 saturated heterocycles. The third-order valence-electron chi connectivity index (χ3n) is 2.03. The third kappa shape index (κ3) is 2.44. The van der Waals surface area contributed by atoms with Gasteiger partial charge in [0.15, 0.2) is 5.69 Å². The number of hydrogen-bond donors (Lipinski definition) is 0. The second kappa shape index (κ2) is 4.84. The van der Waals surface area contributed by atoms with Crippen molar-refractivity contribution in [1.29, 1.82) is 0 Å². The first-order chi connectivity index (χ1) is 6.29. The number of rotatable bonds is 5. The lowest BCUT2D eigenvalue weighted by Crippen LogP contribution is -2.28. The topological polar surface area (TPSA) is 53.0 Å². The van der Waals surface area contributed by atoms with Crippen LogP contribution in [0.3, 0.4) is 0 Å². The molecule has 74 valence electrons. The van der Waals surface area contributed by atoms with E-state index in [1.54, 1.807) is 0 Å². The number of aryl methyl sites for hydroxylation is 1. The zero-order chi connectivity index (χ0) is 9.68. The van der Waals surface area contributed by atoms with Crippen LogP contribution in [0.2, 0.25) is 0 Å².